The monoisotopic (exact) mass is 740 g/mol. The number of fused-ring (bicyclic) bond motifs is 1. The largest absolute Gasteiger partial charge is 0.493 e. The molecule has 1 aromatic heterocycles. The van der Waals surface area contributed by atoms with Gasteiger partial charge in [-0.1, -0.05) is 71.9 Å². The summed E-state index contributed by atoms with van der Waals surface area (Å²) >= 11 is 0. The maximum absolute atomic E-state index is 14.4. The summed E-state index contributed by atoms with van der Waals surface area (Å²) in [4.78, 5) is 58.0. The molecule has 0 aliphatic heterocycles. The number of ether oxygens (including phenoxy) is 2. The summed E-state index contributed by atoms with van der Waals surface area (Å²) < 4.78 is 12.8. The molecule has 0 fully saturated rings. The van der Waals surface area contributed by atoms with E-state index in [1.807, 2.05) is 6.92 Å². The molecule has 0 saturated heterocycles. The van der Waals surface area contributed by atoms with E-state index in [1.54, 1.807) is 48.2 Å². The second-order valence-electron chi connectivity index (χ2n) is 15.3. The zero-order chi connectivity index (χ0) is 39.8. The summed E-state index contributed by atoms with van der Waals surface area (Å²) in [5.41, 5.74) is 3.06. The number of benzene rings is 3. The Labute approximate surface area is 318 Å². The number of esters is 1. The summed E-state index contributed by atoms with van der Waals surface area (Å²) in [5, 5.41) is 12.3. The van der Waals surface area contributed by atoms with E-state index in [1.165, 1.54) is 28.9 Å². The molecule has 4 rings (SSSR count). The number of unbranched alkanes of at least 4 members (excludes halogenated alkanes) is 1. The maximum Gasteiger partial charge on any atom is 0.305 e. The zero-order valence-electron chi connectivity index (χ0n) is 33.4. The number of nitro groups is 1. The SMILES string of the molecule is CCC(C)(C)c1ccc(OCCCCN(C(=O)c2ccc(C)c([N+](=O)[O-])c2)C(C)c2nc3ccccc3c(=O)n2CCCC(=O)OC)c(C(C)(C)CC)c1. The highest BCUT2D eigenvalue weighted by molar-refractivity contribution is 5.95. The second kappa shape index (κ2) is 17.8. The van der Waals surface area contributed by atoms with Crippen molar-refractivity contribution in [1.82, 2.24) is 14.5 Å². The van der Waals surface area contributed by atoms with Gasteiger partial charge in [0.05, 0.1) is 35.6 Å². The van der Waals surface area contributed by atoms with Gasteiger partial charge in [-0.25, -0.2) is 4.98 Å². The minimum absolute atomic E-state index is 0.0356. The molecule has 290 valence electrons. The molecular formula is C43H56N4O7. The van der Waals surface area contributed by atoms with Crippen LogP contribution in [0.4, 0.5) is 5.69 Å². The summed E-state index contributed by atoms with van der Waals surface area (Å²) in [6.07, 6.45) is 3.57. The molecule has 54 heavy (non-hydrogen) atoms. The maximum atomic E-state index is 14.4. The molecule has 1 atom stereocenters. The molecule has 4 aromatic rings. The van der Waals surface area contributed by atoms with Crippen LogP contribution < -0.4 is 10.3 Å². The average Bonchev–Trinajstić information content (AvgIpc) is 3.16. The van der Waals surface area contributed by atoms with Crippen molar-refractivity contribution in [3.05, 3.63) is 109 Å². The summed E-state index contributed by atoms with van der Waals surface area (Å²) in [6, 6.07) is 17.3. The highest BCUT2D eigenvalue weighted by Gasteiger charge is 2.29. The molecule has 1 heterocycles. The smallest absolute Gasteiger partial charge is 0.305 e. The van der Waals surface area contributed by atoms with E-state index in [2.05, 4.69) is 59.7 Å². The van der Waals surface area contributed by atoms with Crippen LogP contribution in [0.2, 0.25) is 0 Å². The van der Waals surface area contributed by atoms with Gasteiger partial charge < -0.3 is 14.4 Å². The standard InChI is InChI=1S/C43H56N4O7/c1-10-42(5,6)32-22-23-37(34(28-32)43(7,8)11-2)54-26-15-14-24-45(40(49)31-21-20-29(3)36(27-31)47(51)52)30(4)39-44-35-18-13-12-17-33(35)41(50)46(39)25-16-19-38(48)53-9/h12-13,17-18,20-23,27-28,30H,10-11,14-16,19,24-26H2,1-9H3. The topological polar surface area (TPSA) is 134 Å². The Kier molecular flexibility index (Phi) is 13.8. The fourth-order valence-corrected chi connectivity index (χ4v) is 6.49. The number of carbonyl (C=O) groups is 2. The van der Waals surface area contributed by atoms with E-state index in [4.69, 9.17) is 14.5 Å². The van der Waals surface area contributed by atoms with E-state index in [-0.39, 0.29) is 47.2 Å². The van der Waals surface area contributed by atoms with Crippen LogP contribution in [0.3, 0.4) is 0 Å². The molecule has 11 heteroatoms. The molecule has 0 N–H and O–H groups in total. The van der Waals surface area contributed by atoms with Gasteiger partial charge in [0.15, 0.2) is 0 Å². The Hall–Kier alpha value is -5.06. The lowest BCUT2D eigenvalue weighted by Gasteiger charge is -2.31. The number of hydrogen-bond acceptors (Lipinski definition) is 8. The van der Waals surface area contributed by atoms with Crippen molar-refractivity contribution in [3.8, 4) is 5.75 Å². The number of carbonyl (C=O) groups excluding carboxylic acids is 2. The van der Waals surface area contributed by atoms with E-state index in [0.717, 1.165) is 18.6 Å². The predicted octanol–water partition coefficient (Wildman–Crippen LogP) is 9.00. The van der Waals surface area contributed by atoms with Gasteiger partial charge in [0, 0.05) is 42.3 Å². The summed E-state index contributed by atoms with van der Waals surface area (Å²) in [6.45, 7) is 17.7. The average molecular weight is 741 g/mol. The van der Waals surface area contributed by atoms with Crippen LogP contribution in [0.25, 0.3) is 10.9 Å². The zero-order valence-corrected chi connectivity index (χ0v) is 33.4. The summed E-state index contributed by atoms with van der Waals surface area (Å²) in [5.74, 6) is 0.395. The van der Waals surface area contributed by atoms with Crippen LogP contribution >= 0.6 is 0 Å². The lowest BCUT2D eigenvalue weighted by Crippen LogP contribution is -2.38. The molecule has 3 aromatic carbocycles. The molecule has 0 spiro atoms. The van der Waals surface area contributed by atoms with Gasteiger partial charge in [-0.15, -0.1) is 0 Å². The van der Waals surface area contributed by atoms with Crippen LogP contribution in [-0.2, 0) is 26.9 Å². The molecular weight excluding hydrogens is 684 g/mol. The molecule has 0 saturated carbocycles. The van der Waals surface area contributed by atoms with Gasteiger partial charge >= 0.3 is 5.97 Å². The number of para-hydroxylation sites is 1. The van der Waals surface area contributed by atoms with Crippen molar-refractivity contribution in [2.24, 2.45) is 0 Å². The highest BCUT2D eigenvalue weighted by atomic mass is 16.6. The molecule has 0 aliphatic carbocycles. The number of methoxy groups -OCH3 is 1. The Morgan fingerprint density at radius 1 is 0.963 bits per heavy atom. The summed E-state index contributed by atoms with van der Waals surface area (Å²) in [7, 11) is 1.32. The minimum atomic E-state index is -0.708. The third kappa shape index (κ3) is 9.53. The number of amides is 1. The quantitative estimate of drug-likeness (QED) is 0.0427. The Morgan fingerprint density at radius 2 is 1.67 bits per heavy atom. The van der Waals surface area contributed by atoms with Crippen molar-refractivity contribution in [2.75, 3.05) is 20.3 Å². The fourth-order valence-electron chi connectivity index (χ4n) is 6.49. The van der Waals surface area contributed by atoms with Crippen molar-refractivity contribution >= 4 is 28.5 Å². The molecule has 1 amide bonds. The van der Waals surface area contributed by atoms with Gasteiger partial charge in [-0.3, -0.25) is 29.1 Å². The third-order valence-corrected chi connectivity index (χ3v) is 10.9. The highest BCUT2D eigenvalue weighted by Crippen LogP contribution is 2.38. The first kappa shape index (κ1) is 41.7. The number of aromatic nitrogens is 2. The van der Waals surface area contributed by atoms with Crippen LogP contribution in [-0.4, -0.2) is 51.5 Å². The van der Waals surface area contributed by atoms with Crippen LogP contribution in [0.15, 0.2) is 65.5 Å². The van der Waals surface area contributed by atoms with Crippen LogP contribution in [0, 0.1) is 17.0 Å². The normalized spacial score (nSPS) is 12.4. The van der Waals surface area contributed by atoms with Crippen molar-refractivity contribution in [1.29, 1.82) is 0 Å². The Morgan fingerprint density at radius 3 is 2.33 bits per heavy atom. The molecule has 0 aliphatic rings. The van der Waals surface area contributed by atoms with Gasteiger partial charge in [-0.05, 0) is 86.6 Å². The lowest BCUT2D eigenvalue weighted by atomic mass is 9.76. The Bertz CT molecular complexity index is 2030. The van der Waals surface area contributed by atoms with Crippen LogP contribution in [0.1, 0.15) is 126 Å². The van der Waals surface area contributed by atoms with Gasteiger partial charge in [-0.2, -0.15) is 0 Å². The van der Waals surface area contributed by atoms with Gasteiger partial charge in [0.25, 0.3) is 17.2 Å². The second-order valence-corrected chi connectivity index (χ2v) is 15.3. The number of hydrogen-bond donors (Lipinski definition) is 0. The lowest BCUT2D eigenvalue weighted by molar-refractivity contribution is -0.385. The van der Waals surface area contributed by atoms with E-state index in [9.17, 15) is 24.5 Å². The predicted molar refractivity (Wildman–Crippen MR) is 212 cm³/mol. The van der Waals surface area contributed by atoms with E-state index >= 15 is 0 Å². The number of nitro benzene ring substituents is 1. The fraction of sp³-hybridized carbons (Fsp3) is 0.488. The van der Waals surface area contributed by atoms with E-state index < -0.39 is 22.8 Å². The number of rotatable bonds is 18. The molecule has 0 bridgehead atoms. The first-order valence-electron chi connectivity index (χ1n) is 19.0. The van der Waals surface area contributed by atoms with E-state index in [0.29, 0.717) is 48.2 Å². The first-order chi connectivity index (χ1) is 25.6. The van der Waals surface area contributed by atoms with Crippen molar-refractivity contribution in [2.45, 2.75) is 117 Å². The van der Waals surface area contributed by atoms with Gasteiger partial charge in [0.2, 0.25) is 0 Å². The molecule has 0 radical (unpaired) electrons. The number of aryl methyl sites for hydroxylation is 1. The van der Waals surface area contributed by atoms with Crippen molar-refractivity contribution < 1.29 is 24.0 Å². The minimum Gasteiger partial charge on any atom is -0.493 e. The van der Waals surface area contributed by atoms with Crippen molar-refractivity contribution in [3.63, 3.8) is 0 Å². The first-order valence-corrected chi connectivity index (χ1v) is 19.0. The van der Waals surface area contributed by atoms with Crippen LogP contribution in [0.5, 0.6) is 5.75 Å². The number of nitrogens with zero attached hydrogens (tertiary/aromatic N) is 4. The third-order valence-electron chi connectivity index (χ3n) is 10.9. The van der Waals surface area contributed by atoms with Gasteiger partial charge in [0.1, 0.15) is 11.6 Å². The molecule has 1 unspecified atom stereocenters. The molecule has 11 nitrogen and oxygen atoms in total. The Balaban J connectivity index is 1.66.